The lowest BCUT2D eigenvalue weighted by Crippen LogP contribution is -2.40. The second-order valence-electron chi connectivity index (χ2n) is 4.90. The minimum absolute atomic E-state index is 0.0728. The molecule has 116 valence electrons. The van der Waals surface area contributed by atoms with Crippen molar-refractivity contribution in [2.45, 2.75) is 26.3 Å². The predicted molar refractivity (Wildman–Crippen MR) is 85.4 cm³/mol. The van der Waals surface area contributed by atoms with Gasteiger partial charge < -0.3 is 21.1 Å². The molecule has 6 nitrogen and oxygen atoms in total. The fourth-order valence-electron chi connectivity index (χ4n) is 1.85. The quantitative estimate of drug-likeness (QED) is 0.519. The lowest BCUT2D eigenvalue weighted by atomic mass is 10.1. The van der Waals surface area contributed by atoms with Crippen LogP contribution >= 0.6 is 0 Å². The number of nitrogens with two attached hydrogens (primary N) is 1. The van der Waals surface area contributed by atoms with E-state index in [9.17, 15) is 4.79 Å². The monoisotopic (exact) mass is 292 g/mol. The van der Waals surface area contributed by atoms with E-state index < -0.39 is 0 Å². The number of carbonyl (C=O) groups excluding carboxylic acids is 1. The Balaban J connectivity index is 2.39. The lowest BCUT2D eigenvalue weighted by Gasteiger charge is -2.13. The largest absolute Gasteiger partial charge is 0.383 e. The molecule has 0 aliphatic heterocycles. The van der Waals surface area contributed by atoms with E-state index in [1.807, 2.05) is 31.2 Å². The highest BCUT2D eigenvalue weighted by Crippen LogP contribution is 2.09. The van der Waals surface area contributed by atoms with Gasteiger partial charge in [-0.25, -0.2) is 0 Å². The third kappa shape index (κ3) is 7.31. The summed E-state index contributed by atoms with van der Waals surface area (Å²) in [6.07, 6.45) is 0.793. The van der Waals surface area contributed by atoms with Crippen molar-refractivity contribution >= 4 is 17.6 Å². The van der Waals surface area contributed by atoms with E-state index in [4.69, 9.17) is 10.5 Å². The number of amides is 1. The summed E-state index contributed by atoms with van der Waals surface area (Å²) in [5, 5.41) is 5.78. The van der Waals surface area contributed by atoms with Gasteiger partial charge in [0.2, 0.25) is 5.91 Å². The number of nitrogens with zero attached hydrogens (tertiary/aromatic N) is 1. The molecular formula is C15H24N4O2. The molecule has 6 heteroatoms. The molecule has 1 amide bonds. The zero-order chi connectivity index (χ0) is 15.7. The average Bonchev–Trinajstić information content (AvgIpc) is 2.40. The summed E-state index contributed by atoms with van der Waals surface area (Å²) in [4.78, 5) is 15.2. The van der Waals surface area contributed by atoms with Crippen molar-refractivity contribution in [1.82, 2.24) is 5.32 Å². The van der Waals surface area contributed by atoms with Gasteiger partial charge in [0.05, 0.1) is 6.61 Å². The summed E-state index contributed by atoms with van der Waals surface area (Å²) in [6, 6.07) is 7.83. The van der Waals surface area contributed by atoms with Crippen LogP contribution in [0, 0.1) is 0 Å². The Hall–Kier alpha value is -2.08. The van der Waals surface area contributed by atoms with Crippen molar-refractivity contribution in [3.8, 4) is 0 Å². The molecule has 21 heavy (non-hydrogen) atoms. The Kier molecular flexibility index (Phi) is 7.25. The van der Waals surface area contributed by atoms with Gasteiger partial charge in [0.15, 0.2) is 5.96 Å². The second-order valence-corrected chi connectivity index (χ2v) is 4.90. The maximum atomic E-state index is 10.9. The minimum Gasteiger partial charge on any atom is -0.383 e. The Morgan fingerprint density at radius 3 is 2.62 bits per heavy atom. The van der Waals surface area contributed by atoms with Crippen LogP contribution in [-0.4, -0.2) is 38.2 Å². The lowest BCUT2D eigenvalue weighted by molar-refractivity contribution is -0.114. The molecule has 1 unspecified atom stereocenters. The van der Waals surface area contributed by atoms with Gasteiger partial charge in [-0.05, 0) is 31.0 Å². The highest BCUT2D eigenvalue weighted by atomic mass is 16.5. The van der Waals surface area contributed by atoms with Gasteiger partial charge in [-0.1, -0.05) is 12.1 Å². The number of ether oxygens (including phenoxy) is 1. The molecule has 0 spiro atoms. The molecule has 0 aromatic heterocycles. The number of hydrogen-bond acceptors (Lipinski definition) is 3. The Bertz CT molecular complexity index is 471. The number of hydrogen-bond donors (Lipinski definition) is 3. The van der Waals surface area contributed by atoms with Gasteiger partial charge in [0.25, 0.3) is 0 Å². The zero-order valence-electron chi connectivity index (χ0n) is 12.8. The SMILES string of the molecule is COCC(C)NC(N)=NCCc1ccc(NC(C)=O)cc1. The summed E-state index contributed by atoms with van der Waals surface area (Å²) in [7, 11) is 1.65. The standard InChI is InChI=1S/C15H24N4O2/c1-11(10-21-3)18-15(16)17-9-8-13-4-6-14(7-5-13)19-12(2)20/h4-7,11H,8-10H2,1-3H3,(H,19,20)(H3,16,17,18). The molecule has 1 atom stereocenters. The van der Waals surface area contributed by atoms with E-state index in [1.54, 1.807) is 7.11 Å². The summed E-state index contributed by atoms with van der Waals surface area (Å²) < 4.78 is 5.01. The van der Waals surface area contributed by atoms with Crippen molar-refractivity contribution in [2.24, 2.45) is 10.7 Å². The molecular weight excluding hydrogens is 268 g/mol. The number of aliphatic imine (C=N–C) groups is 1. The third-order valence-corrected chi connectivity index (χ3v) is 2.77. The van der Waals surface area contributed by atoms with Gasteiger partial charge in [-0.15, -0.1) is 0 Å². The first-order valence-corrected chi connectivity index (χ1v) is 6.93. The number of anilines is 1. The van der Waals surface area contributed by atoms with E-state index in [0.717, 1.165) is 17.7 Å². The molecule has 0 saturated carbocycles. The average molecular weight is 292 g/mol. The van der Waals surface area contributed by atoms with Crippen LogP contribution in [0.15, 0.2) is 29.3 Å². The third-order valence-electron chi connectivity index (χ3n) is 2.77. The Morgan fingerprint density at radius 2 is 2.05 bits per heavy atom. The molecule has 1 rings (SSSR count). The van der Waals surface area contributed by atoms with E-state index in [2.05, 4.69) is 15.6 Å². The van der Waals surface area contributed by atoms with Crippen LogP contribution in [0.3, 0.4) is 0 Å². The number of carbonyl (C=O) groups is 1. The number of benzene rings is 1. The number of rotatable bonds is 7. The highest BCUT2D eigenvalue weighted by molar-refractivity contribution is 5.88. The topological polar surface area (TPSA) is 88.7 Å². The minimum atomic E-state index is -0.0728. The van der Waals surface area contributed by atoms with E-state index in [-0.39, 0.29) is 11.9 Å². The van der Waals surface area contributed by atoms with Crippen LogP contribution in [0.2, 0.25) is 0 Å². The summed E-state index contributed by atoms with van der Waals surface area (Å²) in [5.74, 6) is 0.353. The first kappa shape index (κ1) is 17.0. The van der Waals surface area contributed by atoms with Crippen LogP contribution in [0.4, 0.5) is 5.69 Å². The van der Waals surface area contributed by atoms with Gasteiger partial charge in [0, 0.05) is 32.3 Å². The number of nitrogens with one attached hydrogen (secondary N) is 2. The van der Waals surface area contributed by atoms with E-state index in [0.29, 0.717) is 19.1 Å². The van der Waals surface area contributed by atoms with Crippen molar-refractivity contribution in [1.29, 1.82) is 0 Å². The molecule has 0 aliphatic rings. The molecule has 0 radical (unpaired) electrons. The molecule has 0 aliphatic carbocycles. The highest BCUT2D eigenvalue weighted by Gasteiger charge is 2.01. The van der Waals surface area contributed by atoms with E-state index in [1.165, 1.54) is 6.92 Å². The fraction of sp³-hybridized carbons (Fsp3) is 0.467. The van der Waals surface area contributed by atoms with Crippen LogP contribution in [-0.2, 0) is 16.0 Å². The summed E-state index contributed by atoms with van der Waals surface area (Å²) in [5.41, 5.74) is 7.72. The van der Waals surface area contributed by atoms with Crippen molar-refractivity contribution in [3.63, 3.8) is 0 Å². The molecule has 0 heterocycles. The van der Waals surface area contributed by atoms with Crippen LogP contribution in [0.5, 0.6) is 0 Å². The van der Waals surface area contributed by atoms with E-state index >= 15 is 0 Å². The fourth-order valence-corrected chi connectivity index (χ4v) is 1.85. The van der Waals surface area contributed by atoms with Gasteiger partial charge in [-0.2, -0.15) is 0 Å². The first-order valence-electron chi connectivity index (χ1n) is 6.93. The first-order chi connectivity index (χ1) is 10.0. The van der Waals surface area contributed by atoms with Crippen LogP contribution in [0.25, 0.3) is 0 Å². The molecule has 1 aromatic carbocycles. The zero-order valence-corrected chi connectivity index (χ0v) is 12.8. The molecule has 1 aromatic rings. The Labute approximate surface area is 125 Å². The Morgan fingerprint density at radius 1 is 1.38 bits per heavy atom. The van der Waals surface area contributed by atoms with Gasteiger partial charge in [-0.3, -0.25) is 9.79 Å². The van der Waals surface area contributed by atoms with Crippen molar-refractivity contribution in [2.75, 3.05) is 25.6 Å². The normalized spacial score (nSPS) is 12.8. The maximum Gasteiger partial charge on any atom is 0.221 e. The van der Waals surface area contributed by atoms with Crippen LogP contribution < -0.4 is 16.4 Å². The van der Waals surface area contributed by atoms with Crippen molar-refractivity contribution in [3.05, 3.63) is 29.8 Å². The summed E-state index contributed by atoms with van der Waals surface area (Å²) >= 11 is 0. The summed E-state index contributed by atoms with van der Waals surface area (Å²) in [6.45, 7) is 4.66. The second kappa shape index (κ2) is 8.97. The number of methoxy groups -OCH3 is 1. The smallest absolute Gasteiger partial charge is 0.221 e. The van der Waals surface area contributed by atoms with Crippen LogP contribution in [0.1, 0.15) is 19.4 Å². The molecule has 0 fully saturated rings. The van der Waals surface area contributed by atoms with Gasteiger partial charge in [0.1, 0.15) is 0 Å². The van der Waals surface area contributed by atoms with Gasteiger partial charge >= 0.3 is 0 Å². The predicted octanol–water partition coefficient (Wildman–Crippen LogP) is 1.13. The maximum absolute atomic E-state index is 10.9. The van der Waals surface area contributed by atoms with Crippen molar-refractivity contribution < 1.29 is 9.53 Å². The molecule has 4 N–H and O–H groups in total. The number of guanidine groups is 1. The molecule has 0 bridgehead atoms. The molecule has 0 saturated heterocycles.